The summed E-state index contributed by atoms with van der Waals surface area (Å²) in [5.41, 5.74) is 2.19. The van der Waals surface area contributed by atoms with E-state index in [0.717, 1.165) is 11.1 Å². The highest BCUT2D eigenvalue weighted by molar-refractivity contribution is 6.35. The highest BCUT2D eigenvalue weighted by atomic mass is 35.5. The lowest BCUT2D eigenvalue weighted by Gasteiger charge is -2.21. The van der Waals surface area contributed by atoms with Crippen molar-refractivity contribution in [2.24, 2.45) is 0 Å². The number of fused-ring (bicyclic) bond motifs is 2. The topological polar surface area (TPSA) is 92.5 Å². The molecule has 37 heavy (non-hydrogen) atoms. The minimum atomic E-state index is -1.15. The third-order valence-corrected chi connectivity index (χ3v) is 7.28. The van der Waals surface area contributed by atoms with Crippen molar-refractivity contribution in [2.75, 3.05) is 0 Å². The Labute approximate surface area is 222 Å². The third kappa shape index (κ3) is 4.15. The lowest BCUT2D eigenvalue weighted by atomic mass is 10.1. The monoisotopic (exact) mass is 537 g/mol. The van der Waals surface area contributed by atoms with Gasteiger partial charge in [0.2, 0.25) is 5.28 Å². The van der Waals surface area contributed by atoms with Crippen LogP contribution in [0.4, 0.5) is 0 Å². The van der Waals surface area contributed by atoms with Gasteiger partial charge in [-0.2, -0.15) is 4.98 Å². The molecule has 2 aromatic carbocycles. The molecular weight excluding hydrogens is 517 g/mol. The van der Waals surface area contributed by atoms with Crippen LogP contribution in [0.15, 0.2) is 60.8 Å². The Morgan fingerprint density at radius 3 is 2.22 bits per heavy atom. The molecule has 1 aliphatic carbocycles. The van der Waals surface area contributed by atoms with Crippen molar-refractivity contribution in [1.29, 1.82) is 0 Å². The summed E-state index contributed by atoms with van der Waals surface area (Å²) >= 11 is 12.3. The average Bonchev–Trinajstić information content (AvgIpc) is 3.18. The van der Waals surface area contributed by atoms with Gasteiger partial charge in [0.15, 0.2) is 11.7 Å². The first-order chi connectivity index (χ1) is 17.7. The Morgan fingerprint density at radius 1 is 0.946 bits per heavy atom. The number of rotatable bonds is 5. The maximum absolute atomic E-state index is 13.1. The molecule has 1 saturated carbocycles. The normalized spacial score (nSPS) is 24.1. The SMILES string of the molecule is Cc1ccc(C(=O)OC2[C@H]3O[C@@H](n4ccc5c(Cl)nc(Cl)nc54)C[C@@]23OC(=O)c2ccc(C)cc2)cc1. The van der Waals surface area contributed by atoms with Crippen LogP contribution in [0.5, 0.6) is 0 Å². The fourth-order valence-electron chi connectivity index (χ4n) is 4.74. The van der Waals surface area contributed by atoms with Crippen LogP contribution in [-0.4, -0.2) is 44.3 Å². The number of carbonyl (C=O) groups excluding carboxylic acids is 2. The van der Waals surface area contributed by atoms with Crippen molar-refractivity contribution in [3.8, 4) is 0 Å². The van der Waals surface area contributed by atoms with Crippen molar-refractivity contribution in [3.05, 3.63) is 93.5 Å². The fourth-order valence-corrected chi connectivity index (χ4v) is 5.18. The number of halogens is 2. The third-order valence-electron chi connectivity index (χ3n) is 6.83. The van der Waals surface area contributed by atoms with Crippen LogP contribution in [-0.2, 0) is 14.2 Å². The van der Waals surface area contributed by atoms with E-state index in [-0.39, 0.29) is 16.9 Å². The standard InChI is InChI=1S/C27H21Cl2N3O5/c1-14-3-7-16(8-4-14)24(33)36-21-20-27(21,37-25(34)17-9-5-15(2)6-10-17)13-19(35-20)32-12-11-18-22(28)30-26(29)31-23(18)32/h3-12,19-21H,13H2,1-2H3/t19-,20-,21?,27+/m1/s1. The first kappa shape index (κ1) is 23.9. The molecular formula is C27H21Cl2N3O5. The van der Waals surface area contributed by atoms with Gasteiger partial charge in [0.05, 0.1) is 16.5 Å². The fraction of sp³-hybridized carbons (Fsp3) is 0.259. The van der Waals surface area contributed by atoms with Crippen molar-refractivity contribution in [3.63, 3.8) is 0 Å². The molecule has 3 heterocycles. The van der Waals surface area contributed by atoms with Crippen molar-refractivity contribution in [1.82, 2.24) is 14.5 Å². The first-order valence-corrected chi connectivity index (χ1v) is 12.4. The van der Waals surface area contributed by atoms with E-state index in [4.69, 9.17) is 37.4 Å². The van der Waals surface area contributed by atoms with Crippen LogP contribution >= 0.6 is 23.2 Å². The summed E-state index contributed by atoms with van der Waals surface area (Å²) in [4.78, 5) is 34.2. The zero-order chi connectivity index (χ0) is 25.9. The molecule has 4 aromatic rings. The molecule has 1 saturated heterocycles. The number of nitrogens with zero attached hydrogens (tertiary/aromatic N) is 3. The van der Waals surface area contributed by atoms with E-state index < -0.39 is 36.0 Å². The van der Waals surface area contributed by atoms with Crippen LogP contribution < -0.4 is 0 Å². The van der Waals surface area contributed by atoms with Gasteiger partial charge >= 0.3 is 11.9 Å². The predicted octanol–water partition coefficient (Wildman–Crippen LogP) is 5.48. The molecule has 2 aliphatic rings. The summed E-state index contributed by atoms with van der Waals surface area (Å²) in [7, 11) is 0. The van der Waals surface area contributed by atoms with Crippen LogP contribution in [0.3, 0.4) is 0 Å². The van der Waals surface area contributed by atoms with Gasteiger partial charge in [-0.25, -0.2) is 14.6 Å². The van der Waals surface area contributed by atoms with Crippen LogP contribution in [0, 0.1) is 13.8 Å². The first-order valence-electron chi connectivity index (χ1n) is 11.7. The summed E-state index contributed by atoms with van der Waals surface area (Å²) in [5, 5.41) is 0.844. The molecule has 8 nitrogen and oxygen atoms in total. The Morgan fingerprint density at radius 2 is 1.57 bits per heavy atom. The van der Waals surface area contributed by atoms with Gasteiger partial charge in [0.25, 0.3) is 0 Å². The van der Waals surface area contributed by atoms with E-state index in [9.17, 15) is 9.59 Å². The molecule has 1 aliphatic heterocycles. The molecule has 0 amide bonds. The molecule has 0 bridgehead atoms. The summed E-state index contributed by atoms with van der Waals surface area (Å²) < 4.78 is 19.8. The van der Waals surface area contributed by atoms with Crippen LogP contribution in [0.2, 0.25) is 10.4 Å². The Kier molecular flexibility index (Phi) is 5.71. The molecule has 1 unspecified atom stereocenters. The molecule has 0 radical (unpaired) electrons. The van der Waals surface area contributed by atoms with Gasteiger partial charge in [0, 0.05) is 12.6 Å². The second-order valence-corrected chi connectivity index (χ2v) is 10.1. The van der Waals surface area contributed by atoms with E-state index in [1.807, 2.05) is 38.1 Å². The summed E-state index contributed by atoms with van der Waals surface area (Å²) in [6, 6.07) is 15.9. The lowest BCUT2D eigenvalue weighted by Crippen LogP contribution is -2.28. The molecule has 2 fully saturated rings. The molecule has 2 aromatic heterocycles. The van der Waals surface area contributed by atoms with E-state index in [0.29, 0.717) is 22.2 Å². The van der Waals surface area contributed by atoms with Crippen molar-refractivity contribution >= 4 is 46.2 Å². The summed E-state index contributed by atoms with van der Waals surface area (Å²) in [5.74, 6) is -1.03. The van der Waals surface area contributed by atoms with E-state index in [2.05, 4.69) is 9.97 Å². The van der Waals surface area contributed by atoms with Gasteiger partial charge in [-0.3, -0.25) is 0 Å². The van der Waals surface area contributed by atoms with E-state index in [1.165, 1.54) is 0 Å². The summed E-state index contributed by atoms with van der Waals surface area (Å²) in [6.45, 7) is 3.87. The molecule has 10 heteroatoms. The second kappa shape index (κ2) is 8.83. The number of hydrogen-bond donors (Lipinski definition) is 0. The minimum absolute atomic E-state index is 0.00558. The maximum atomic E-state index is 13.1. The van der Waals surface area contributed by atoms with E-state index in [1.54, 1.807) is 41.1 Å². The minimum Gasteiger partial charge on any atom is -0.451 e. The Hall–Kier alpha value is -3.46. The zero-order valence-electron chi connectivity index (χ0n) is 19.9. The predicted molar refractivity (Wildman–Crippen MR) is 136 cm³/mol. The highest BCUT2D eigenvalue weighted by Crippen LogP contribution is 2.58. The van der Waals surface area contributed by atoms with Gasteiger partial charge in [-0.05, 0) is 55.8 Å². The number of carbonyl (C=O) groups is 2. The highest BCUT2D eigenvalue weighted by Gasteiger charge is 2.78. The van der Waals surface area contributed by atoms with Crippen LogP contribution in [0.25, 0.3) is 11.0 Å². The molecule has 0 spiro atoms. The maximum Gasteiger partial charge on any atom is 0.338 e. The second-order valence-electron chi connectivity index (χ2n) is 9.36. The number of esters is 2. The Bertz CT molecular complexity index is 1540. The van der Waals surface area contributed by atoms with Gasteiger partial charge in [0.1, 0.15) is 23.1 Å². The molecule has 4 atom stereocenters. The van der Waals surface area contributed by atoms with Crippen LogP contribution in [0.1, 0.15) is 44.5 Å². The number of benzene rings is 2. The van der Waals surface area contributed by atoms with Gasteiger partial charge in [-0.15, -0.1) is 0 Å². The lowest BCUT2D eigenvalue weighted by molar-refractivity contribution is -0.0313. The number of ether oxygens (including phenoxy) is 3. The van der Waals surface area contributed by atoms with Gasteiger partial charge in [-0.1, -0.05) is 47.0 Å². The van der Waals surface area contributed by atoms with Crippen molar-refractivity contribution in [2.45, 2.75) is 44.3 Å². The Balaban J connectivity index is 1.29. The summed E-state index contributed by atoms with van der Waals surface area (Å²) in [6.07, 6.45) is 0.0518. The number of aryl methyl sites for hydroxylation is 2. The molecule has 6 rings (SSSR count). The number of aromatic nitrogens is 3. The molecule has 0 N–H and O–H groups in total. The largest absolute Gasteiger partial charge is 0.451 e. The van der Waals surface area contributed by atoms with Crippen molar-refractivity contribution < 1.29 is 23.8 Å². The smallest absolute Gasteiger partial charge is 0.338 e. The average molecular weight is 538 g/mol. The quantitative estimate of drug-likeness (QED) is 0.189. The van der Waals surface area contributed by atoms with E-state index >= 15 is 0 Å². The zero-order valence-corrected chi connectivity index (χ0v) is 21.4. The molecule has 188 valence electrons. The number of hydrogen-bond acceptors (Lipinski definition) is 7. The van der Waals surface area contributed by atoms with Gasteiger partial charge < -0.3 is 18.8 Å².